The van der Waals surface area contributed by atoms with Gasteiger partial charge in [-0.05, 0) is 37.1 Å². The molecule has 0 bridgehead atoms. The number of likely N-dealkylation sites (N-methyl/N-ethyl adjacent to an activating group) is 1. The van der Waals surface area contributed by atoms with Crippen LogP contribution in [0.1, 0.15) is 19.8 Å². The van der Waals surface area contributed by atoms with E-state index < -0.39 is 15.9 Å². The number of nitrogens with one attached hydrogen (secondary N) is 1. The Labute approximate surface area is 160 Å². The van der Waals surface area contributed by atoms with Crippen molar-refractivity contribution in [2.75, 3.05) is 45.6 Å². The zero-order valence-corrected chi connectivity index (χ0v) is 17.1. The van der Waals surface area contributed by atoms with Gasteiger partial charge in [0.05, 0.1) is 25.0 Å². The molecule has 1 aromatic heterocycles. The van der Waals surface area contributed by atoms with E-state index in [9.17, 15) is 13.5 Å². The molecule has 1 aromatic rings. The molecule has 148 valence electrons. The maximum atomic E-state index is 12.2. The highest BCUT2D eigenvalue weighted by molar-refractivity contribution is 7.93. The minimum Gasteiger partial charge on any atom is -0.390 e. The van der Waals surface area contributed by atoms with Crippen molar-refractivity contribution in [2.45, 2.75) is 30.1 Å². The molecule has 0 amide bonds. The summed E-state index contributed by atoms with van der Waals surface area (Å²) in [7, 11) is -1.57. The Balaban J connectivity index is 1.81. The van der Waals surface area contributed by atoms with Crippen molar-refractivity contribution < 1.29 is 18.3 Å². The van der Waals surface area contributed by atoms with Gasteiger partial charge in [0.15, 0.2) is 15.8 Å². The molecule has 1 fully saturated rings. The van der Waals surface area contributed by atoms with Gasteiger partial charge < -0.3 is 20.1 Å². The summed E-state index contributed by atoms with van der Waals surface area (Å²) in [5.74, 6) is 1.04. The van der Waals surface area contributed by atoms with E-state index in [1.54, 1.807) is 17.5 Å². The summed E-state index contributed by atoms with van der Waals surface area (Å²) in [5, 5.41) is 15.0. The second-order valence-electron chi connectivity index (χ2n) is 6.50. The molecule has 9 heteroatoms. The van der Waals surface area contributed by atoms with Crippen LogP contribution in [0.25, 0.3) is 0 Å². The van der Waals surface area contributed by atoms with Crippen LogP contribution < -0.4 is 5.32 Å². The van der Waals surface area contributed by atoms with Crippen LogP contribution in [0.15, 0.2) is 26.7 Å². The fourth-order valence-corrected chi connectivity index (χ4v) is 4.80. The molecule has 7 nitrogen and oxygen atoms in total. The number of hydrogen-bond donors (Lipinski definition) is 2. The van der Waals surface area contributed by atoms with Crippen LogP contribution in [0.4, 0.5) is 0 Å². The van der Waals surface area contributed by atoms with E-state index in [1.165, 1.54) is 12.8 Å². The van der Waals surface area contributed by atoms with Gasteiger partial charge in [-0.15, -0.1) is 11.3 Å². The largest absolute Gasteiger partial charge is 0.390 e. The maximum absolute atomic E-state index is 12.2. The lowest BCUT2D eigenvalue weighted by Crippen LogP contribution is -2.41. The maximum Gasteiger partial charge on any atom is 0.193 e. The highest BCUT2D eigenvalue weighted by atomic mass is 32.2. The van der Waals surface area contributed by atoms with E-state index in [1.807, 2.05) is 18.9 Å². The van der Waals surface area contributed by atoms with Crippen LogP contribution in [0.2, 0.25) is 0 Å². The van der Waals surface area contributed by atoms with Gasteiger partial charge in [0.25, 0.3) is 0 Å². The van der Waals surface area contributed by atoms with Gasteiger partial charge in [0.1, 0.15) is 4.21 Å². The number of rotatable bonds is 11. The van der Waals surface area contributed by atoms with Crippen LogP contribution in [-0.2, 0) is 14.6 Å². The molecule has 0 radical (unpaired) electrons. The summed E-state index contributed by atoms with van der Waals surface area (Å²) >= 11 is 1.16. The summed E-state index contributed by atoms with van der Waals surface area (Å²) in [5.41, 5.74) is 0. The SMILES string of the molecule is CCNC(=NCC(O)CS(=O)(=O)c1cccs1)N(C)CCOCC1CC1. The van der Waals surface area contributed by atoms with Crippen molar-refractivity contribution >= 4 is 27.1 Å². The van der Waals surface area contributed by atoms with Gasteiger partial charge in [-0.2, -0.15) is 0 Å². The molecule has 0 spiro atoms. The van der Waals surface area contributed by atoms with Crippen molar-refractivity contribution in [3.8, 4) is 0 Å². The highest BCUT2D eigenvalue weighted by Gasteiger charge is 2.22. The first-order valence-electron chi connectivity index (χ1n) is 8.94. The number of aliphatic hydroxyl groups is 1. The summed E-state index contributed by atoms with van der Waals surface area (Å²) in [6.07, 6.45) is 1.49. The van der Waals surface area contributed by atoms with Crippen molar-refractivity contribution in [2.24, 2.45) is 10.9 Å². The fourth-order valence-electron chi connectivity index (χ4n) is 2.33. The molecule has 26 heavy (non-hydrogen) atoms. The number of guanidine groups is 1. The number of aliphatic imine (C=N–C) groups is 1. The van der Waals surface area contributed by atoms with E-state index >= 15 is 0 Å². The molecule has 1 unspecified atom stereocenters. The van der Waals surface area contributed by atoms with Gasteiger partial charge in [0, 0.05) is 26.7 Å². The topological polar surface area (TPSA) is 91.2 Å². The first-order valence-corrected chi connectivity index (χ1v) is 11.5. The predicted octanol–water partition coefficient (Wildman–Crippen LogP) is 1.21. The molecular weight excluding hydrogens is 374 g/mol. The van der Waals surface area contributed by atoms with Crippen molar-refractivity contribution in [1.82, 2.24) is 10.2 Å². The zero-order valence-electron chi connectivity index (χ0n) is 15.4. The Hall–Kier alpha value is -1.16. The fraction of sp³-hybridized carbons (Fsp3) is 0.706. The van der Waals surface area contributed by atoms with E-state index in [-0.39, 0.29) is 16.5 Å². The minimum absolute atomic E-state index is 0.0280. The van der Waals surface area contributed by atoms with Gasteiger partial charge in [-0.1, -0.05) is 6.07 Å². The Morgan fingerprint density at radius 2 is 2.31 bits per heavy atom. The van der Waals surface area contributed by atoms with Crippen LogP contribution in [0.3, 0.4) is 0 Å². The van der Waals surface area contributed by atoms with Crippen molar-refractivity contribution in [1.29, 1.82) is 0 Å². The Bertz CT molecular complexity index is 658. The first-order chi connectivity index (χ1) is 12.4. The van der Waals surface area contributed by atoms with Crippen molar-refractivity contribution in [3.63, 3.8) is 0 Å². The molecule has 1 saturated carbocycles. The summed E-state index contributed by atoms with van der Waals surface area (Å²) < 4.78 is 30.3. The van der Waals surface area contributed by atoms with E-state index in [0.717, 1.165) is 23.9 Å². The van der Waals surface area contributed by atoms with E-state index in [2.05, 4.69) is 10.3 Å². The van der Waals surface area contributed by atoms with Crippen LogP contribution >= 0.6 is 11.3 Å². The molecule has 1 aliphatic carbocycles. The second-order valence-corrected chi connectivity index (χ2v) is 9.71. The number of sulfone groups is 1. The van der Waals surface area contributed by atoms with Gasteiger partial charge in [0.2, 0.25) is 0 Å². The number of ether oxygens (including phenoxy) is 1. The van der Waals surface area contributed by atoms with E-state index in [0.29, 0.717) is 25.7 Å². The van der Waals surface area contributed by atoms with Gasteiger partial charge in [-0.3, -0.25) is 4.99 Å². The third-order valence-electron chi connectivity index (χ3n) is 3.98. The molecule has 0 aliphatic heterocycles. The highest BCUT2D eigenvalue weighted by Crippen LogP contribution is 2.28. The average molecular weight is 404 g/mol. The third kappa shape index (κ3) is 7.22. The summed E-state index contributed by atoms with van der Waals surface area (Å²) in [6, 6.07) is 3.24. The zero-order chi connectivity index (χ0) is 19.0. The Morgan fingerprint density at radius 1 is 1.54 bits per heavy atom. The lowest BCUT2D eigenvalue weighted by molar-refractivity contribution is 0.115. The molecule has 2 rings (SSSR count). The lowest BCUT2D eigenvalue weighted by Gasteiger charge is -2.22. The normalized spacial score (nSPS) is 16.5. The van der Waals surface area contributed by atoms with Gasteiger partial charge in [-0.25, -0.2) is 8.42 Å². The Kier molecular flexibility index (Phi) is 8.33. The van der Waals surface area contributed by atoms with Crippen LogP contribution in [0, 0.1) is 5.92 Å². The molecule has 0 aromatic carbocycles. The molecule has 2 N–H and O–H groups in total. The second kappa shape index (κ2) is 10.2. The monoisotopic (exact) mass is 403 g/mol. The number of thiophene rings is 1. The molecular formula is C17H29N3O4S2. The molecule has 1 atom stereocenters. The first kappa shape index (κ1) is 21.1. The minimum atomic E-state index is -3.47. The summed E-state index contributed by atoms with van der Waals surface area (Å²) in [4.78, 5) is 6.30. The quantitative estimate of drug-likeness (QED) is 0.328. The standard InChI is InChI=1S/C17H29N3O4S2/c1-3-18-17(20(2)8-9-24-12-14-6-7-14)19-11-15(21)13-26(22,23)16-5-4-10-25-16/h4-5,10,14-15,21H,3,6-9,11-13H2,1-2H3,(H,18,19). The van der Waals surface area contributed by atoms with Crippen LogP contribution in [0.5, 0.6) is 0 Å². The molecule has 1 aliphatic rings. The molecule has 1 heterocycles. The third-order valence-corrected chi connectivity index (χ3v) is 7.27. The number of nitrogens with zero attached hydrogens (tertiary/aromatic N) is 2. The molecule has 0 saturated heterocycles. The number of hydrogen-bond acceptors (Lipinski definition) is 6. The van der Waals surface area contributed by atoms with Crippen LogP contribution in [-0.4, -0.2) is 76.1 Å². The number of aliphatic hydroxyl groups excluding tert-OH is 1. The Morgan fingerprint density at radius 3 is 2.92 bits per heavy atom. The predicted molar refractivity (Wildman–Crippen MR) is 105 cm³/mol. The van der Waals surface area contributed by atoms with Crippen molar-refractivity contribution in [3.05, 3.63) is 17.5 Å². The van der Waals surface area contributed by atoms with Gasteiger partial charge >= 0.3 is 0 Å². The van der Waals surface area contributed by atoms with E-state index in [4.69, 9.17) is 4.74 Å². The average Bonchev–Trinajstić information content (AvgIpc) is 3.23. The smallest absolute Gasteiger partial charge is 0.193 e. The summed E-state index contributed by atoms with van der Waals surface area (Å²) in [6.45, 7) is 4.80. The lowest BCUT2D eigenvalue weighted by atomic mass is 10.4.